The second kappa shape index (κ2) is 6.57. The van der Waals surface area contributed by atoms with E-state index < -0.39 is 0 Å². The monoisotopic (exact) mass is 342 g/mol. The summed E-state index contributed by atoms with van der Waals surface area (Å²) in [6, 6.07) is 7.57. The first kappa shape index (κ1) is 16.2. The lowest BCUT2D eigenvalue weighted by Crippen LogP contribution is -2.67. The molecule has 2 aliphatic heterocycles. The van der Waals surface area contributed by atoms with E-state index in [4.69, 9.17) is 9.47 Å². The summed E-state index contributed by atoms with van der Waals surface area (Å²) >= 11 is 0. The largest absolute Gasteiger partial charge is 0.372 e. The molecule has 2 aromatic heterocycles. The van der Waals surface area contributed by atoms with E-state index in [1.54, 1.807) is 28.0 Å². The van der Waals surface area contributed by atoms with Crippen molar-refractivity contribution in [2.75, 3.05) is 19.7 Å². The molecule has 1 spiro atoms. The van der Waals surface area contributed by atoms with E-state index in [9.17, 15) is 4.79 Å². The molecular formula is C18H22N4O3. The standard InChI is InChI=1S/C18H22N4O3/c1-21-8-5-16(20-21)17(23)22-12-18(13-22)10-15(6-9-25-18)24-11-14-4-2-3-7-19-14/h2-5,7-8,15H,6,9-13H2,1H3. The van der Waals surface area contributed by atoms with E-state index in [1.165, 1.54) is 0 Å². The van der Waals surface area contributed by atoms with E-state index >= 15 is 0 Å². The van der Waals surface area contributed by atoms with E-state index in [-0.39, 0.29) is 17.6 Å². The zero-order valence-electron chi connectivity index (χ0n) is 14.3. The van der Waals surface area contributed by atoms with Gasteiger partial charge in [-0.15, -0.1) is 0 Å². The lowest BCUT2D eigenvalue weighted by molar-refractivity contribution is -0.188. The molecule has 0 radical (unpaired) electrons. The Bertz CT molecular complexity index is 740. The number of aromatic nitrogens is 3. The summed E-state index contributed by atoms with van der Waals surface area (Å²) in [4.78, 5) is 18.5. The van der Waals surface area contributed by atoms with Crippen LogP contribution in [0.3, 0.4) is 0 Å². The van der Waals surface area contributed by atoms with Crippen molar-refractivity contribution in [3.8, 4) is 0 Å². The Morgan fingerprint density at radius 2 is 2.28 bits per heavy atom. The van der Waals surface area contributed by atoms with Crippen LogP contribution in [0.1, 0.15) is 29.0 Å². The second-order valence-corrected chi connectivity index (χ2v) is 6.81. The predicted molar refractivity (Wildman–Crippen MR) is 89.8 cm³/mol. The maximum absolute atomic E-state index is 12.4. The Balaban J connectivity index is 1.31. The lowest BCUT2D eigenvalue weighted by Gasteiger charge is -2.52. The molecule has 7 nitrogen and oxygen atoms in total. The van der Waals surface area contributed by atoms with Crippen LogP contribution in [-0.4, -0.2) is 57.0 Å². The molecule has 2 fully saturated rings. The summed E-state index contributed by atoms with van der Waals surface area (Å²) in [5.41, 5.74) is 1.15. The Morgan fingerprint density at radius 3 is 3.00 bits per heavy atom. The van der Waals surface area contributed by atoms with E-state index in [0.717, 1.165) is 18.5 Å². The average molecular weight is 342 g/mol. The van der Waals surface area contributed by atoms with E-state index in [2.05, 4.69) is 10.1 Å². The van der Waals surface area contributed by atoms with Crippen molar-refractivity contribution in [3.05, 3.63) is 48.0 Å². The highest BCUT2D eigenvalue weighted by atomic mass is 16.5. The summed E-state index contributed by atoms with van der Waals surface area (Å²) in [5, 5.41) is 4.18. The molecule has 2 aliphatic rings. The fourth-order valence-electron chi connectivity index (χ4n) is 3.52. The van der Waals surface area contributed by atoms with Gasteiger partial charge in [0.15, 0.2) is 0 Å². The van der Waals surface area contributed by atoms with Crippen LogP contribution >= 0.6 is 0 Å². The van der Waals surface area contributed by atoms with Gasteiger partial charge in [-0.2, -0.15) is 5.10 Å². The first-order valence-corrected chi connectivity index (χ1v) is 8.58. The van der Waals surface area contributed by atoms with Gasteiger partial charge in [-0.05, 0) is 24.6 Å². The van der Waals surface area contributed by atoms with E-state index in [1.807, 2.05) is 25.2 Å². The molecule has 25 heavy (non-hydrogen) atoms. The van der Waals surface area contributed by atoms with Crippen molar-refractivity contribution in [1.29, 1.82) is 0 Å². The zero-order valence-corrected chi connectivity index (χ0v) is 14.3. The molecule has 4 rings (SSSR count). The van der Waals surface area contributed by atoms with Gasteiger partial charge in [-0.3, -0.25) is 14.5 Å². The highest BCUT2D eigenvalue weighted by Gasteiger charge is 2.50. The minimum Gasteiger partial charge on any atom is -0.372 e. The SMILES string of the molecule is Cn1ccc(C(=O)N2CC3(CC(OCc4ccccn4)CCO3)C2)n1. The normalized spacial score (nSPS) is 22.0. The third-order valence-corrected chi connectivity index (χ3v) is 4.82. The van der Waals surface area contributed by atoms with Crippen LogP contribution in [0.2, 0.25) is 0 Å². The maximum atomic E-state index is 12.4. The van der Waals surface area contributed by atoms with Gasteiger partial charge in [0, 0.05) is 32.5 Å². The van der Waals surface area contributed by atoms with Crippen LogP contribution in [0.4, 0.5) is 0 Å². The first-order valence-electron chi connectivity index (χ1n) is 8.58. The number of amides is 1. The van der Waals surface area contributed by atoms with Crippen molar-refractivity contribution in [3.63, 3.8) is 0 Å². The molecule has 0 aliphatic carbocycles. The third-order valence-electron chi connectivity index (χ3n) is 4.82. The van der Waals surface area contributed by atoms with Crippen molar-refractivity contribution in [2.45, 2.75) is 31.2 Å². The number of hydrogen-bond acceptors (Lipinski definition) is 5. The first-order chi connectivity index (χ1) is 12.1. The summed E-state index contributed by atoms with van der Waals surface area (Å²) in [7, 11) is 1.81. The number of carbonyl (C=O) groups is 1. The van der Waals surface area contributed by atoms with Crippen LogP contribution in [0.25, 0.3) is 0 Å². The molecule has 0 N–H and O–H groups in total. The number of aryl methyl sites for hydroxylation is 1. The number of likely N-dealkylation sites (tertiary alicyclic amines) is 1. The minimum atomic E-state index is -0.266. The number of ether oxygens (including phenoxy) is 2. The summed E-state index contributed by atoms with van der Waals surface area (Å²) < 4.78 is 13.7. The molecule has 4 heterocycles. The van der Waals surface area contributed by atoms with Crippen LogP contribution in [-0.2, 0) is 23.1 Å². The molecular weight excluding hydrogens is 320 g/mol. The van der Waals surface area contributed by atoms with E-state index in [0.29, 0.717) is 32.0 Å². The predicted octanol–water partition coefficient (Wildman–Crippen LogP) is 1.41. The fourth-order valence-corrected chi connectivity index (χ4v) is 3.52. The summed E-state index contributed by atoms with van der Waals surface area (Å²) in [5.74, 6) is -0.0358. The van der Waals surface area contributed by atoms with Gasteiger partial charge in [0.1, 0.15) is 11.3 Å². The maximum Gasteiger partial charge on any atom is 0.274 e. The smallest absolute Gasteiger partial charge is 0.274 e. The van der Waals surface area contributed by atoms with Gasteiger partial charge in [0.2, 0.25) is 0 Å². The number of hydrogen-bond donors (Lipinski definition) is 0. The molecule has 1 unspecified atom stereocenters. The number of rotatable bonds is 4. The van der Waals surface area contributed by atoms with Crippen molar-refractivity contribution in [1.82, 2.24) is 19.7 Å². The molecule has 0 aromatic carbocycles. The Morgan fingerprint density at radius 1 is 1.40 bits per heavy atom. The highest BCUT2D eigenvalue weighted by Crippen LogP contribution is 2.36. The molecule has 7 heteroatoms. The van der Waals surface area contributed by atoms with Gasteiger partial charge < -0.3 is 14.4 Å². The Kier molecular flexibility index (Phi) is 4.27. The Hall–Kier alpha value is -2.25. The fraction of sp³-hybridized carbons (Fsp3) is 0.500. The quantitative estimate of drug-likeness (QED) is 0.840. The minimum absolute atomic E-state index is 0.0358. The summed E-state index contributed by atoms with van der Waals surface area (Å²) in [6.07, 6.45) is 5.38. The van der Waals surface area contributed by atoms with Crippen molar-refractivity contribution < 1.29 is 14.3 Å². The second-order valence-electron chi connectivity index (χ2n) is 6.81. The van der Waals surface area contributed by atoms with Crippen molar-refractivity contribution >= 4 is 5.91 Å². The number of nitrogens with zero attached hydrogens (tertiary/aromatic N) is 4. The van der Waals surface area contributed by atoms with Crippen LogP contribution < -0.4 is 0 Å². The van der Waals surface area contributed by atoms with Gasteiger partial charge in [-0.1, -0.05) is 6.07 Å². The third kappa shape index (κ3) is 3.43. The lowest BCUT2D eigenvalue weighted by atomic mass is 9.84. The molecule has 0 bridgehead atoms. The van der Waals surface area contributed by atoms with Gasteiger partial charge in [-0.25, -0.2) is 0 Å². The molecule has 0 saturated carbocycles. The highest BCUT2D eigenvalue weighted by molar-refractivity contribution is 5.93. The molecule has 1 amide bonds. The molecule has 2 saturated heterocycles. The molecule has 132 valence electrons. The van der Waals surface area contributed by atoms with Gasteiger partial charge in [0.25, 0.3) is 5.91 Å². The average Bonchev–Trinajstić information content (AvgIpc) is 3.05. The molecule has 2 aromatic rings. The van der Waals surface area contributed by atoms with Gasteiger partial charge >= 0.3 is 0 Å². The number of carbonyl (C=O) groups excluding carboxylic acids is 1. The van der Waals surface area contributed by atoms with Crippen LogP contribution in [0.15, 0.2) is 36.7 Å². The van der Waals surface area contributed by atoms with Gasteiger partial charge in [0.05, 0.1) is 31.5 Å². The molecule has 1 atom stereocenters. The Labute approximate surface area is 146 Å². The van der Waals surface area contributed by atoms with Crippen molar-refractivity contribution in [2.24, 2.45) is 7.05 Å². The summed E-state index contributed by atoms with van der Waals surface area (Å²) in [6.45, 7) is 2.38. The van der Waals surface area contributed by atoms with Crippen LogP contribution in [0.5, 0.6) is 0 Å². The van der Waals surface area contributed by atoms with Crippen LogP contribution in [0, 0.1) is 0 Å². The zero-order chi connectivity index (χ0) is 17.3. The topological polar surface area (TPSA) is 69.5 Å². The number of pyridine rings is 1.